The summed E-state index contributed by atoms with van der Waals surface area (Å²) in [6, 6.07) is 21.2. The molecular weight excluding hydrogens is 472 g/mol. The average Bonchev–Trinajstić information content (AvgIpc) is 3.19. The molecule has 1 aliphatic rings. The van der Waals surface area contributed by atoms with Gasteiger partial charge in [0.25, 0.3) is 5.91 Å². The molecule has 0 N–H and O–H groups in total. The number of aliphatic imine (C=N–C) groups is 1. The van der Waals surface area contributed by atoms with Gasteiger partial charge in [-0.25, -0.2) is 4.99 Å². The number of anilines is 1. The van der Waals surface area contributed by atoms with E-state index in [4.69, 9.17) is 14.5 Å². The Balaban J connectivity index is 1.73. The van der Waals surface area contributed by atoms with Crippen molar-refractivity contribution >= 4 is 46.3 Å². The molecule has 4 rings (SSSR count). The van der Waals surface area contributed by atoms with Crippen LogP contribution in [0.15, 0.2) is 76.6 Å². The molecule has 0 radical (unpaired) electrons. The summed E-state index contributed by atoms with van der Waals surface area (Å²) < 4.78 is 10.6. The Morgan fingerprint density at radius 2 is 1.58 bits per heavy atom. The zero-order valence-electron chi connectivity index (χ0n) is 20.8. The fourth-order valence-corrected chi connectivity index (χ4v) is 4.74. The number of ether oxygens (including phenoxy) is 2. The van der Waals surface area contributed by atoms with E-state index in [1.165, 1.54) is 36.9 Å². The van der Waals surface area contributed by atoms with Crippen molar-refractivity contribution in [2.24, 2.45) is 4.99 Å². The van der Waals surface area contributed by atoms with Crippen LogP contribution in [0.2, 0.25) is 0 Å². The quantitative estimate of drug-likeness (QED) is 0.209. The minimum atomic E-state index is -0.432. The lowest BCUT2D eigenvalue weighted by atomic mass is 10.1. The number of hydrogen-bond acceptors (Lipinski definition) is 6. The van der Waals surface area contributed by atoms with Crippen molar-refractivity contribution in [1.29, 1.82) is 0 Å². The molecular formula is C29H28N2O4S. The number of amidine groups is 1. The largest absolute Gasteiger partial charge is 0.493 e. The van der Waals surface area contributed by atoms with E-state index in [1.807, 2.05) is 36.4 Å². The summed E-state index contributed by atoms with van der Waals surface area (Å²) in [5.74, 6) is 0.148. The lowest BCUT2D eigenvalue weighted by Gasteiger charge is -2.16. The van der Waals surface area contributed by atoms with Crippen molar-refractivity contribution in [3.63, 3.8) is 0 Å². The van der Waals surface area contributed by atoms with Crippen LogP contribution in [-0.2, 0) is 22.4 Å². The highest BCUT2D eigenvalue weighted by Gasteiger charge is 2.34. The standard InChI is InChI=1S/C29H28N2O4S/c1-5-20-7-12-23(13-8-20)30-29-31(24-14-9-21(6-2)10-15-24)28(33)27(36-29)18-22-11-16-25(35-19(3)32)26(17-22)34-4/h7-18H,5-6H2,1-4H3/b27-18-,30-29?. The second-order valence-electron chi connectivity index (χ2n) is 8.19. The van der Waals surface area contributed by atoms with Crippen LogP contribution in [0, 0.1) is 0 Å². The summed E-state index contributed by atoms with van der Waals surface area (Å²) in [7, 11) is 1.50. The van der Waals surface area contributed by atoms with E-state index in [2.05, 4.69) is 26.0 Å². The Labute approximate surface area is 215 Å². The molecule has 36 heavy (non-hydrogen) atoms. The number of carbonyl (C=O) groups excluding carboxylic acids is 2. The van der Waals surface area contributed by atoms with E-state index in [-0.39, 0.29) is 5.91 Å². The Hall–Kier alpha value is -3.84. The fraction of sp³-hybridized carbons (Fsp3) is 0.207. The summed E-state index contributed by atoms with van der Waals surface area (Å²) in [6.07, 6.45) is 3.67. The second-order valence-corrected chi connectivity index (χ2v) is 9.20. The Kier molecular flexibility index (Phi) is 7.90. The van der Waals surface area contributed by atoms with E-state index < -0.39 is 5.97 Å². The number of aryl methyl sites for hydroxylation is 2. The van der Waals surface area contributed by atoms with Crippen molar-refractivity contribution in [2.75, 3.05) is 12.0 Å². The lowest BCUT2D eigenvalue weighted by molar-refractivity contribution is -0.132. The molecule has 184 valence electrons. The van der Waals surface area contributed by atoms with Crippen LogP contribution in [0.5, 0.6) is 11.5 Å². The molecule has 0 bridgehead atoms. The third-order valence-corrected chi connectivity index (χ3v) is 6.69. The normalized spacial score (nSPS) is 15.6. The number of methoxy groups -OCH3 is 1. The number of esters is 1. The van der Waals surface area contributed by atoms with E-state index in [0.29, 0.717) is 21.6 Å². The van der Waals surface area contributed by atoms with Crippen LogP contribution >= 0.6 is 11.8 Å². The van der Waals surface area contributed by atoms with Crippen molar-refractivity contribution in [2.45, 2.75) is 33.6 Å². The predicted octanol–water partition coefficient (Wildman–Crippen LogP) is 6.55. The number of amides is 1. The summed E-state index contributed by atoms with van der Waals surface area (Å²) in [5.41, 5.74) is 4.72. The van der Waals surface area contributed by atoms with Crippen LogP contribution in [0.4, 0.5) is 11.4 Å². The summed E-state index contributed by atoms with van der Waals surface area (Å²) in [5, 5.41) is 0.586. The Morgan fingerprint density at radius 3 is 2.17 bits per heavy atom. The molecule has 6 nitrogen and oxygen atoms in total. The molecule has 1 aliphatic heterocycles. The molecule has 1 amide bonds. The molecule has 0 aromatic heterocycles. The highest BCUT2D eigenvalue weighted by atomic mass is 32.2. The third-order valence-electron chi connectivity index (χ3n) is 5.72. The first-order valence-electron chi connectivity index (χ1n) is 11.8. The van der Waals surface area contributed by atoms with Crippen molar-refractivity contribution in [1.82, 2.24) is 0 Å². The van der Waals surface area contributed by atoms with Crippen LogP contribution in [0.3, 0.4) is 0 Å². The molecule has 0 atom stereocenters. The van der Waals surface area contributed by atoms with Gasteiger partial charge >= 0.3 is 5.97 Å². The number of carbonyl (C=O) groups is 2. The van der Waals surface area contributed by atoms with Gasteiger partial charge in [0.05, 0.1) is 23.4 Å². The van der Waals surface area contributed by atoms with Gasteiger partial charge in [-0.2, -0.15) is 0 Å². The Morgan fingerprint density at radius 1 is 0.944 bits per heavy atom. The topological polar surface area (TPSA) is 68.2 Å². The first-order chi connectivity index (χ1) is 17.4. The number of benzene rings is 3. The van der Waals surface area contributed by atoms with Gasteiger partial charge in [-0.1, -0.05) is 44.2 Å². The van der Waals surface area contributed by atoms with Crippen LogP contribution in [0.25, 0.3) is 6.08 Å². The molecule has 7 heteroatoms. The fourth-order valence-electron chi connectivity index (χ4n) is 3.74. The Bertz CT molecular complexity index is 1330. The molecule has 0 aliphatic carbocycles. The first-order valence-corrected chi connectivity index (χ1v) is 12.6. The molecule has 3 aromatic rings. The summed E-state index contributed by atoms with van der Waals surface area (Å²) >= 11 is 1.32. The van der Waals surface area contributed by atoms with E-state index >= 15 is 0 Å². The smallest absolute Gasteiger partial charge is 0.308 e. The van der Waals surface area contributed by atoms with Crippen LogP contribution < -0.4 is 14.4 Å². The van der Waals surface area contributed by atoms with Crippen LogP contribution in [-0.4, -0.2) is 24.2 Å². The zero-order valence-corrected chi connectivity index (χ0v) is 21.6. The lowest BCUT2D eigenvalue weighted by Crippen LogP contribution is -2.28. The number of rotatable bonds is 7. The second kappa shape index (κ2) is 11.3. The first kappa shape index (κ1) is 25.3. The summed E-state index contributed by atoms with van der Waals surface area (Å²) in [4.78, 5) is 31.9. The number of thioether (sulfide) groups is 1. The van der Waals surface area contributed by atoms with Crippen molar-refractivity contribution in [3.8, 4) is 11.5 Å². The highest BCUT2D eigenvalue weighted by Crippen LogP contribution is 2.38. The summed E-state index contributed by atoms with van der Waals surface area (Å²) in [6.45, 7) is 5.54. The van der Waals surface area contributed by atoms with Crippen molar-refractivity contribution < 1.29 is 19.1 Å². The molecule has 3 aromatic carbocycles. The van der Waals surface area contributed by atoms with Gasteiger partial charge in [-0.15, -0.1) is 0 Å². The van der Waals surface area contributed by atoms with Gasteiger partial charge in [0, 0.05) is 6.92 Å². The molecule has 0 unspecified atom stereocenters. The minimum Gasteiger partial charge on any atom is -0.493 e. The number of nitrogens with zero attached hydrogens (tertiary/aromatic N) is 2. The molecule has 0 spiro atoms. The van der Waals surface area contributed by atoms with E-state index in [9.17, 15) is 9.59 Å². The van der Waals surface area contributed by atoms with Gasteiger partial charge in [-0.3, -0.25) is 14.5 Å². The number of hydrogen-bond donors (Lipinski definition) is 0. The van der Waals surface area contributed by atoms with Gasteiger partial charge in [0.2, 0.25) is 0 Å². The van der Waals surface area contributed by atoms with Crippen LogP contribution in [0.1, 0.15) is 37.5 Å². The highest BCUT2D eigenvalue weighted by molar-refractivity contribution is 8.19. The monoisotopic (exact) mass is 500 g/mol. The minimum absolute atomic E-state index is 0.156. The van der Waals surface area contributed by atoms with E-state index in [1.54, 1.807) is 29.2 Å². The zero-order chi connectivity index (χ0) is 25.7. The molecule has 1 heterocycles. The maximum Gasteiger partial charge on any atom is 0.308 e. The average molecular weight is 501 g/mol. The molecule has 1 fully saturated rings. The van der Waals surface area contributed by atoms with Gasteiger partial charge in [-0.05, 0) is 83.8 Å². The third kappa shape index (κ3) is 5.69. The van der Waals surface area contributed by atoms with Gasteiger partial charge < -0.3 is 9.47 Å². The van der Waals surface area contributed by atoms with Crippen molar-refractivity contribution in [3.05, 3.63) is 88.3 Å². The van der Waals surface area contributed by atoms with Gasteiger partial charge in [0.15, 0.2) is 16.7 Å². The van der Waals surface area contributed by atoms with Gasteiger partial charge in [0.1, 0.15) is 0 Å². The predicted molar refractivity (Wildman–Crippen MR) is 146 cm³/mol. The maximum absolute atomic E-state index is 13.6. The molecule has 1 saturated heterocycles. The SMILES string of the molecule is CCc1ccc(N=C2S/C(=C\c3ccc(OC(C)=O)c(OC)c3)C(=O)N2c2ccc(CC)cc2)cc1. The van der Waals surface area contributed by atoms with E-state index in [0.717, 1.165) is 29.8 Å². The maximum atomic E-state index is 13.6. The molecule has 0 saturated carbocycles.